The summed E-state index contributed by atoms with van der Waals surface area (Å²) in [5.41, 5.74) is 4.84. The highest BCUT2D eigenvalue weighted by Crippen LogP contribution is 2.31. The molecule has 0 atom stereocenters. The minimum Gasteiger partial charge on any atom is -0.297 e. The van der Waals surface area contributed by atoms with Gasteiger partial charge in [0.05, 0.1) is 4.88 Å². The Balaban J connectivity index is 2.59. The molecule has 0 unspecified atom stereocenters. The minimum absolute atomic E-state index is 0.675. The molecule has 0 aliphatic rings. The SMILES string of the molecule is Cc1cc(C)c(-c2ncc(C=O)s2)c(C)c1. The smallest absolute Gasteiger partial charge is 0.161 e. The molecule has 0 bridgehead atoms. The first-order valence-electron chi connectivity index (χ1n) is 5.11. The molecule has 0 fully saturated rings. The fraction of sp³-hybridized carbons (Fsp3) is 0.231. The topological polar surface area (TPSA) is 30.0 Å². The Morgan fingerprint density at radius 3 is 2.31 bits per heavy atom. The average Bonchev–Trinajstić information content (AvgIpc) is 2.64. The highest BCUT2D eigenvalue weighted by Gasteiger charge is 2.10. The Hall–Kier alpha value is -1.48. The second kappa shape index (κ2) is 4.18. The number of nitrogens with zero attached hydrogens (tertiary/aromatic N) is 1. The van der Waals surface area contributed by atoms with Crippen LogP contribution in [-0.4, -0.2) is 11.3 Å². The summed E-state index contributed by atoms with van der Waals surface area (Å²) in [5, 5.41) is 0.928. The number of carbonyl (C=O) groups is 1. The van der Waals surface area contributed by atoms with Crippen molar-refractivity contribution in [1.82, 2.24) is 4.98 Å². The Morgan fingerprint density at radius 1 is 1.19 bits per heavy atom. The number of aryl methyl sites for hydroxylation is 3. The van der Waals surface area contributed by atoms with Gasteiger partial charge in [0, 0.05) is 11.8 Å². The van der Waals surface area contributed by atoms with E-state index in [9.17, 15) is 4.79 Å². The van der Waals surface area contributed by atoms with E-state index in [4.69, 9.17) is 0 Å². The number of aldehydes is 1. The molecule has 0 aliphatic heterocycles. The van der Waals surface area contributed by atoms with E-state index < -0.39 is 0 Å². The van der Waals surface area contributed by atoms with Gasteiger partial charge in [-0.3, -0.25) is 4.79 Å². The summed E-state index contributed by atoms with van der Waals surface area (Å²) in [7, 11) is 0. The van der Waals surface area contributed by atoms with E-state index in [1.165, 1.54) is 28.0 Å². The molecule has 0 spiro atoms. The molecular weight excluding hydrogens is 218 g/mol. The molecule has 2 nitrogen and oxygen atoms in total. The lowest BCUT2D eigenvalue weighted by molar-refractivity contribution is 0.112. The number of aromatic nitrogens is 1. The molecule has 82 valence electrons. The van der Waals surface area contributed by atoms with Crippen molar-refractivity contribution in [2.45, 2.75) is 20.8 Å². The molecular formula is C13H13NOS. The minimum atomic E-state index is 0.675. The molecule has 1 heterocycles. The first kappa shape index (κ1) is 11.0. The molecule has 0 N–H and O–H groups in total. The predicted molar refractivity (Wildman–Crippen MR) is 67.1 cm³/mol. The molecule has 0 saturated carbocycles. The van der Waals surface area contributed by atoms with Crippen molar-refractivity contribution in [3.63, 3.8) is 0 Å². The molecule has 0 saturated heterocycles. The highest BCUT2D eigenvalue weighted by molar-refractivity contribution is 7.16. The summed E-state index contributed by atoms with van der Waals surface area (Å²) in [6, 6.07) is 4.29. The summed E-state index contributed by atoms with van der Waals surface area (Å²) in [6.45, 7) is 6.25. The van der Waals surface area contributed by atoms with Crippen LogP contribution in [0.5, 0.6) is 0 Å². The lowest BCUT2D eigenvalue weighted by Crippen LogP contribution is -1.88. The van der Waals surface area contributed by atoms with Crippen molar-refractivity contribution in [2.75, 3.05) is 0 Å². The molecule has 2 aromatic rings. The van der Waals surface area contributed by atoms with E-state index in [1.54, 1.807) is 6.20 Å². The van der Waals surface area contributed by atoms with Crippen LogP contribution in [-0.2, 0) is 0 Å². The third kappa shape index (κ3) is 1.91. The maximum absolute atomic E-state index is 10.6. The van der Waals surface area contributed by atoms with Gasteiger partial charge in [-0.1, -0.05) is 17.7 Å². The van der Waals surface area contributed by atoms with E-state index in [2.05, 4.69) is 37.9 Å². The fourth-order valence-electron chi connectivity index (χ4n) is 1.97. The van der Waals surface area contributed by atoms with Gasteiger partial charge in [-0.15, -0.1) is 11.3 Å². The number of thiazole rings is 1. The zero-order valence-corrected chi connectivity index (χ0v) is 10.4. The Morgan fingerprint density at radius 2 is 1.81 bits per heavy atom. The van der Waals surface area contributed by atoms with Crippen LogP contribution >= 0.6 is 11.3 Å². The van der Waals surface area contributed by atoms with Gasteiger partial charge < -0.3 is 0 Å². The number of hydrogen-bond donors (Lipinski definition) is 0. The van der Waals surface area contributed by atoms with E-state index in [0.29, 0.717) is 4.88 Å². The van der Waals surface area contributed by atoms with Crippen LogP contribution in [0.3, 0.4) is 0 Å². The molecule has 2 rings (SSSR count). The third-order valence-electron chi connectivity index (χ3n) is 2.53. The van der Waals surface area contributed by atoms with E-state index in [1.807, 2.05) is 0 Å². The second-order valence-electron chi connectivity index (χ2n) is 3.96. The van der Waals surface area contributed by atoms with Gasteiger partial charge in [-0.25, -0.2) is 4.98 Å². The van der Waals surface area contributed by atoms with Gasteiger partial charge in [-0.2, -0.15) is 0 Å². The monoisotopic (exact) mass is 231 g/mol. The largest absolute Gasteiger partial charge is 0.297 e. The zero-order chi connectivity index (χ0) is 11.7. The van der Waals surface area contributed by atoms with Gasteiger partial charge in [0.1, 0.15) is 5.01 Å². The maximum atomic E-state index is 10.6. The quantitative estimate of drug-likeness (QED) is 0.740. The number of carbonyl (C=O) groups excluding carboxylic acids is 1. The van der Waals surface area contributed by atoms with E-state index in [0.717, 1.165) is 16.9 Å². The molecule has 0 radical (unpaired) electrons. The van der Waals surface area contributed by atoms with Crippen LogP contribution in [0, 0.1) is 20.8 Å². The molecule has 1 aromatic carbocycles. The first-order valence-corrected chi connectivity index (χ1v) is 5.92. The summed E-state index contributed by atoms with van der Waals surface area (Å²) in [5.74, 6) is 0. The lowest BCUT2D eigenvalue weighted by Gasteiger charge is -2.08. The molecule has 16 heavy (non-hydrogen) atoms. The summed E-state index contributed by atoms with van der Waals surface area (Å²) in [6.07, 6.45) is 2.48. The predicted octanol–water partition coefficient (Wildman–Crippen LogP) is 3.55. The number of rotatable bonds is 2. The van der Waals surface area contributed by atoms with Crippen molar-refractivity contribution in [2.24, 2.45) is 0 Å². The Labute approximate surface area is 99.0 Å². The van der Waals surface area contributed by atoms with E-state index >= 15 is 0 Å². The van der Waals surface area contributed by atoms with Crippen LogP contribution in [0.4, 0.5) is 0 Å². The number of benzene rings is 1. The molecule has 1 aromatic heterocycles. The van der Waals surface area contributed by atoms with E-state index in [-0.39, 0.29) is 0 Å². The van der Waals surface area contributed by atoms with Crippen LogP contribution in [0.15, 0.2) is 18.3 Å². The van der Waals surface area contributed by atoms with Gasteiger partial charge in [-0.05, 0) is 31.9 Å². The van der Waals surface area contributed by atoms with Crippen molar-refractivity contribution >= 4 is 17.6 Å². The van der Waals surface area contributed by atoms with Gasteiger partial charge >= 0.3 is 0 Å². The second-order valence-corrected chi connectivity index (χ2v) is 5.02. The van der Waals surface area contributed by atoms with Crippen LogP contribution in [0.25, 0.3) is 10.6 Å². The van der Waals surface area contributed by atoms with Crippen molar-refractivity contribution in [3.05, 3.63) is 39.9 Å². The summed E-state index contributed by atoms with van der Waals surface area (Å²) in [4.78, 5) is 15.6. The average molecular weight is 231 g/mol. The standard InChI is InChI=1S/C13H13NOS/c1-8-4-9(2)12(10(3)5-8)13-14-6-11(7-15)16-13/h4-7H,1-3H3. The van der Waals surface area contributed by atoms with Crippen LogP contribution in [0.2, 0.25) is 0 Å². The number of hydrogen-bond acceptors (Lipinski definition) is 3. The van der Waals surface area contributed by atoms with Crippen LogP contribution < -0.4 is 0 Å². The molecule has 0 amide bonds. The Kier molecular flexibility index (Phi) is 2.88. The zero-order valence-electron chi connectivity index (χ0n) is 9.57. The first-order chi connectivity index (χ1) is 7.61. The van der Waals surface area contributed by atoms with Gasteiger partial charge in [0.25, 0.3) is 0 Å². The fourth-order valence-corrected chi connectivity index (χ4v) is 2.88. The van der Waals surface area contributed by atoms with Gasteiger partial charge in [0.2, 0.25) is 0 Å². The molecule has 0 aliphatic carbocycles. The van der Waals surface area contributed by atoms with Crippen molar-refractivity contribution in [1.29, 1.82) is 0 Å². The van der Waals surface area contributed by atoms with Crippen LogP contribution in [0.1, 0.15) is 26.4 Å². The summed E-state index contributed by atoms with van der Waals surface area (Å²) < 4.78 is 0. The molecule has 3 heteroatoms. The van der Waals surface area contributed by atoms with Gasteiger partial charge in [0.15, 0.2) is 6.29 Å². The third-order valence-corrected chi connectivity index (χ3v) is 3.47. The highest BCUT2D eigenvalue weighted by atomic mass is 32.1. The van der Waals surface area contributed by atoms with Crippen molar-refractivity contribution < 1.29 is 4.79 Å². The maximum Gasteiger partial charge on any atom is 0.161 e. The summed E-state index contributed by atoms with van der Waals surface area (Å²) >= 11 is 1.44. The Bertz CT molecular complexity index is 520. The lowest BCUT2D eigenvalue weighted by atomic mass is 10.0. The normalized spacial score (nSPS) is 10.4. The van der Waals surface area contributed by atoms with Crippen molar-refractivity contribution in [3.8, 4) is 10.6 Å².